The lowest BCUT2D eigenvalue weighted by Crippen LogP contribution is -2.26. The fourth-order valence-corrected chi connectivity index (χ4v) is 2.24. The minimum absolute atomic E-state index is 0.196. The molecule has 0 radical (unpaired) electrons. The summed E-state index contributed by atoms with van der Waals surface area (Å²) in [5, 5.41) is 9.75. The summed E-state index contributed by atoms with van der Waals surface area (Å²) >= 11 is 0. The van der Waals surface area contributed by atoms with Crippen LogP contribution < -0.4 is 5.32 Å². The summed E-state index contributed by atoms with van der Waals surface area (Å²) in [6.07, 6.45) is 3.37. The fraction of sp³-hybridized carbons (Fsp3) is 0.250. The summed E-state index contributed by atoms with van der Waals surface area (Å²) in [6.45, 7) is 2.26. The molecule has 3 aromatic heterocycles. The highest BCUT2D eigenvalue weighted by molar-refractivity contribution is 5.93. The van der Waals surface area contributed by atoms with Crippen LogP contribution in [0, 0.1) is 6.92 Å². The summed E-state index contributed by atoms with van der Waals surface area (Å²) in [5.41, 5.74) is 1.83. The average molecular weight is 326 g/mol. The molecule has 0 aromatic carbocycles. The largest absolute Gasteiger partial charge is 0.460 e. The summed E-state index contributed by atoms with van der Waals surface area (Å²) in [5.74, 6) is 1.80. The summed E-state index contributed by atoms with van der Waals surface area (Å²) in [7, 11) is 3.46. The van der Waals surface area contributed by atoms with Gasteiger partial charge >= 0.3 is 0 Å². The molecule has 1 amide bonds. The van der Waals surface area contributed by atoms with E-state index in [-0.39, 0.29) is 5.91 Å². The SMILES string of the molecule is CNc1ncc(CN(C)C(=O)c2cc(-c3ccc(C)o3)[nH]n2)cn1. The van der Waals surface area contributed by atoms with Gasteiger partial charge in [0.1, 0.15) is 11.5 Å². The Labute approximate surface area is 138 Å². The van der Waals surface area contributed by atoms with Gasteiger partial charge in [0.25, 0.3) is 5.91 Å². The van der Waals surface area contributed by atoms with Crippen molar-refractivity contribution < 1.29 is 9.21 Å². The maximum absolute atomic E-state index is 12.5. The van der Waals surface area contributed by atoms with E-state index in [1.54, 1.807) is 37.5 Å². The Balaban J connectivity index is 1.70. The zero-order chi connectivity index (χ0) is 17.1. The van der Waals surface area contributed by atoms with Gasteiger partial charge in [0.2, 0.25) is 5.95 Å². The lowest BCUT2D eigenvalue weighted by Gasteiger charge is -2.15. The van der Waals surface area contributed by atoms with Crippen molar-refractivity contribution in [3.05, 3.63) is 47.6 Å². The second kappa shape index (κ2) is 6.53. The molecule has 0 fully saturated rings. The van der Waals surface area contributed by atoms with E-state index in [9.17, 15) is 4.79 Å². The van der Waals surface area contributed by atoms with Crippen molar-refractivity contribution in [3.63, 3.8) is 0 Å². The average Bonchev–Trinajstić information content (AvgIpc) is 3.23. The van der Waals surface area contributed by atoms with Crippen molar-refractivity contribution in [2.75, 3.05) is 19.4 Å². The summed E-state index contributed by atoms with van der Waals surface area (Å²) in [4.78, 5) is 22.3. The molecule has 0 aliphatic heterocycles. The van der Waals surface area contributed by atoms with E-state index in [4.69, 9.17) is 4.42 Å². The van der Waals surface area contributed by atoms with Gasteiger partial charge in [0.05, 0.1) is 0 Å². The first kappa shape index (κ1) is 15.7. The maximum atomic E-state index is 12.5. The molecule has 0 aliphatic rings. The number of anilines is 1. The fourth-order valence-electron chi connectivity index (χ4n) is 2.24. The number of furan rings is 1. The second-order valence-corrected chi connectivity index (χ2v) is 5.40. The summed E-state index contributed by atoms with van der Waals surface area (Å²) in [6, 6.07) is 5.37. The molecule has 8 heteroatoms. The number of amides is 1. The normalized spacial score (nSPS) is 10.6. The van der Waals surface area contributed by atoms with Crippen LogP contribution in [0.4, 0.5) is 5.95 Å². The van der Waals surface area contributed by atoms with Crippen molar-refractivity contribution in [2.45, 2.75) is 13.5 Å². The molecule has 124 valence electrons. The molecular formula is C16H18N6O2. The molecule has 2 N–H and O–H groups in total. The van der Waals surface area contributed by atoms with Gasteiger partial charge in [0, 0.05) is 44.7 Å². The number of aromatic nitrogens is 4. The van der Waals surface area contributed by atoms with Gasteiger partial charge in [-0.05, 0) is 19.1 Å². The number of rotatable bonds is 5. The molecule has 0 spiro atoms. The van der Waals surface area contributed by atoms with Crippen LogP contribution in [0.3, 0.4) is 0 Å². The molecule has 0 saturated heterocycles. The molecule has 3 heterocycles. The molecule has 24 heavy (non-hydrogen) atoms. The predicted molar refractivity (Wildman–Crippen MR) is 88.4 cm³/mol. The number of hydrogen-bond acceptors (Lipinski definition) is 6. The van der Waals surface area contributed by atoms with Crippen molar-refractivity contribution >= 4 is 11.9 Å². The monoisotopic (exact) mass is 326 g/mol. The zero-order valence-electron chi connectivity index (χ0n) is 13.7. The van der Waals surface area contributed by atoms with Crippen molar-refractivity contribution in [2.24, 2.45) is 0 Å². The maximum Gasteiger partial charge on any atom is 0.274 e. The van der Waals surface area contributed by atoms with E-state index in [1.165, 1.54) is 0 Å². The van der Waals surface area contributed by atoms with Gasteiger partial charge in [-0.15, -0.1) is 0 Å². The number of H-pyrrole nitrogens is 1. The van der Waals surface area contributed by atoms with Gasteiger partial charge < -0.3 is 14.6 Å². The number of aryl methyl sites for hydroxylation is 1. The predicted octanol–water partition coefficient (Wildman–Crippen LogP) is 2.08. The Bertz CT molecular complexity index is 836. The number of carbonyl (C=O) groups excluding carboxylic acids is 1. The molecular weight excluding hydrogens is 308 g/mol. The molecule has 3 aromatic rings. The van der Waals surface area contributed by atoms with Crippen LogP contribution in [0.15, 0.2) is 35.0 Å². The van der Waals surface area contributed by atoms with Gasteiger partial charge in [-0.1, -0.05) is 0 Å². The lowest BCUT2D eigenvalue weighted by molar-refractivity contribution is 0.0779. The summed E-state index contributed by atoms with van der Waals surface area (Å²) < 4.78 is 5.52. The third-order valence-electron chi connectivity index (χ3n) is 3.50. The zero-order valence-corrected chi connectivity index (χ0v) is 13.7. The number of carbonyl (C=O) groups is 1. The highest BCUT2D eigenvalue weighted by Gasteiger charge is 2.17. The van der Waals surface area contributed by atoms with Crippen LogP contribution in [0.25, 0.3) is 11.5 Å². The minimum Gasteiger partial charge on any atom is -0.460 e. The van der Waals surface area contributed by atoms with E-state index < -0.39 is 0 Å². The molecule has 0 aliphatic carbocycles. The van der Waals surface area contributed by atoms with Crippen molar-refractivity contribution in [3.8, 4) is 11.5 Å². The molecule has 3 rings (SSSR count). The van der Waals surface area contributed by atoms with Crippen LogP contribution in [-0.2, 0) is 6.54 Å². The smallest absolute Gasteiger partial charge is 0.274 e. The standard InChI is InChI=1S/C16H18N6O2/c1-10-4-5-14(24-10)12-6-13(21-20-12)15(23)22(3)9-11-7-18-16(17-2)19-8-11/h4-8H,9H2,1-3H3,(H,20,21)(H,17,18,19). The Morgan fingerprint density at radius 3 is 2.71 bits per heavy atom. The quantitative estimate of drug-likeness (QED) is 0.744. The van der Waals surface area contributed by atoms with Gasteiger partial charge in [-0.2, -0.15) is 5.10 Å². The van der Waals surface area contributed by atoms with Gasteiger partial charge in [-0.25, -0.2) is 9.97 Å². The van der Waals surface area contributed by atoms with E-state index in [1.807, 2.05) is 19.1 Å². The topological polar surface area (TPSA) is 99.9 Å². The number of nitrogens with zero attached hydrogens (tertiary/aromatic N) is 4. The Hall–Kier alpha value is -3.16. The number of nitrogens with one attached hydrogen (secondary N) is 2. The highest BCUT2D eigenvalue weighted by Crippen LogP contribution is 2.20. The third-order valence-corrected chi connectivity index (χ3v) is 3.50. The minimum atomic E-state index is -0.196. The van der Waals surface area contributed by atoms with Crippen LogP contribution in [0.2, 0.25) is 0 Å². The van der Waals surface area contributed by atoms with Crippen molar-refractivity contribution in [1.82, 2.24) is 25.1 Å². The van der Waals surface area contributed by atoms with Crippen LogP contribution in [0.1, 0.15) is 21.8 Å². The molecule has 8 nitrogen and oxygen atoms in total. The van der Waals surface area contributed by atoms with Crippen LogP contribution in [0.5, 0.6) is 0 Å². The van der Waals surface area contributed by atoms with E-state index in [2.05, 4.69) is 25.5 Å². The lowest BCUT2D eigenvalue weighted by atomic mass is 10.2. The van der Waals surface area contributed by atoms with Crippen LogP contribution in [-0.4, -0.2) is 45.1 Å². The second-order valence-electron chi connectivity index (χ2n) is 5.40. The highest BCUT2D eigenvalue weighted by atomic mass is 16.3. The van der Waals surface area contributed by atoms with Crippen LogP contribution >= 0.6 is 0 Å². The Kier molecular flexibility index (Phi) is 4.28. The third kappa shape index (κ3) is 3.27. The molecule has 0 unspecified atom stereocenters. The van der Waals surface area contributed by atoms with Gasteiger partial charge in [0.15, 0.2) is 11.5 Å². The van der Waals surface area contributed by atoms with E-state index in [0.29, 0.717) is 29.6 Å². The first-order valence-electron chi connectivity index (χ1n) is 7.43. The molecule has 0 atom stereocenters. The Morgan fingerprint density at radius 1 is 1.33 bits per heavy atom. The van der Waals surface area contributed by atoms with Gasteiger partial charge in [-0.3, -0.25) is 9.89 Å². The molecule has 0 bridgehead atoms. The first-order valence-corrected chi connectivity index (χ1v) is 7.43. The number of aromatic amines is 1. The van der Waals surface area contributed by atoms with Crippen molar-refractivity contribution in [1.29, 1.82) is 0 Å². The first-order chi connectivity index (χ1) is 11.6. The number of hydrogen-bond donors (Lipinski definition) is 2. The van der Waals surface area contributed by atoms with E-state index >= 15 is 0 Å². The van der Waals surface area contributed by atoms with E-state index in [0.717, 1.165) is 11.3 Å². The molecule has 0 saturated carbocycles. The Morgan fingerprint density at radius 2 is 2.08 bits per heavy atom.